The van der Waals surface area contributed by atoms with Gasteiger partial charge in [0.1, 0.15) is 5.01 Å². The van der Waals surface area contributed by atoms with Gasteiger partial charge in [0.15, 0.2) is 0 Å². The Balaban J connectivity index is 2.23. The van der Waals surface area contributed by atoms with E-state index in [-0.39, 0.29) is 5.56 Å². The van der Waals surface area contributed by atoms with Gasteiger partial charge in [0.25, 0.3) is 0 Å². The van der Waals surface area contributed by atoms with E-state index < -0.39 is 5.97 Å². The van der Waals surface area contributed by atoms with Crippen molar-refractivity contribution in [3.8, 4) is 10.6 Å². The van der Waals surface area contributed by atoms with Crippen LogP contribution in [0, 0.1) is 0 Å². The van der Waals surface area contributed by atoms with Crippen LogP contribution in [0.5, 0.6) is 0 Å². The monoisotopic (exact) mass is 255 g/mol. The second kappa shape index (κ2) is 4.23. The van der Waals surface area contributed by atoms with Gasteiger partial charge in [-0.2, -0.15) is 0 Å². The molecule has 0 amide bonds. The minimum Gasteiger partial charge on any atom is -0.478 e. The van der Waals surface area contributed by atoms with Gasteiger partial charge in [-0.25, -0.2) is 9.78 Å². The Morgan fingerprint density at radius 1 is 1.06 bits per heavy atom. The van der Waals surface area contributed by atoms with E-state index in [1.54, 1.807) is 18.2 Å². The first-order valence-corrected chi connectivity index (χ1v) is 6.25. The first kappa shape index (κ1) is 10.9. The van der Waals surface area contributed by atoms with Crippen LogP contribution in [0.4, 0.5) is 0 Å². The molecule has 4 heteroatoms. The smallest absolute Gasteiger partial charge is 0.336 e. The zero-order valence-corrected chi connectivity index (χ0v) is 10.1. The van der Waals surface area contributed by atoms with E-state index in [0.29, 0.717) is 5.56 Å². The van der Waals surface area contributed by atoms with E-state index in [4.69, 9.17) is 0 Å². The Hall–Kier alpha value is -2.20. The van der Waals surface area contributed by atoms with Gasteiger partial charge in [-0.15, -0.1) is 11.3 Å². The highest BCUT2D eigenvalue weighted by Crippen LogP contribution is 2.31. The van der Waals surface area contributed by atoms with Gasteiger partial charge in [0.2, 0.25) is 0 Å². The molecule has 0 spiro atoms. The number of carboxylic acid groups (broad SMARTS) is 1. The van der Waals surface area contributed by atoms with Gasteiger partial charge < -0.3 is 5.11 Å². The second-order valence-electron chi connectivity index (χ2n) is 3.84. The number of fused-ring (bicyclic) bond motifs is 1. The average molecular weight is 255 g/mol. The minimum atomic E-state index is -0.926. The van der Waals surface area contributed by atoms with Gasteiger partial charge in [-0.1, -0.05) is 30.3 Å². The number of rotatable bonds is 2. The summed E-state index contributed by atoms with van der Waals surface area (Å²) in [5, 5.41) is 9.92. The number of para-hydroxylation sites is 1. The number of benzene rings is 2. The molecule has 3 aromatic rings. The molecule has 3 nitrogen and oxygen atoms in total. The van der Waals surface area contributed by atoms with Crippen molar-refractivity contribution in [1.82, 2.24) is 4.98 Å². The van der Waals surface area contributed by atoms with Gasteiger partial charge >= 0.3 is 5.97 Å². The second-order valence-corrected chi connectivity index (χ2v) is 4.87. The van der Waals surface area contributed by atoms with Crippen LogP contribution < -0.4 is 0 Å². The molecule has 0 saturated carbocycles. The highest BCUT2D eigenvalue weighted by molar-refractivity contribution is 7.21. The molecule has 0 aliphatic rings. The van der Waals surface area contributed by atoms with Crippen LogP contribution in [-0.4, -0.2) is 16.1 Å². The SMILES string of the molecule is O=C(O)c1ccccc1-c1nc2ccccc2s1. The van der Waals surface area contributed by atoms with Crippen LogP contribution in [-0.2, 0) is 0 Å². The van der Waals surface area contributed by atoms with Crippen molar-refractivity contribution in [2.24, 2.45) is 0 Å². The average Bonchev–Trinajstić information content (AvgIpc) is 2.82. The van der Waals surface area contributed by atoms with Crippen LogP contribution in [0.25, 0.3) is 20.8 Å². The fraction of sp³-hybridized carbons (Fsp3) is 0. The van der Waals surface area contributed by atoms with Crippen LogP contribution >= 0.6 is 11.3 Å². The number of thiazole rings is 1. The van der Waals surface area contributed by atoms with Crippen molar-refractivity contribution in [3.05, 3.63) is 54.1 Å². The molecular weight excluding hydrogens is 246 g/mol. The molecule has 0 fully saturated rings. The molecule has 0 radical (unpaired) electrons. The predicted molar refractivity (Wildman–Crippen MR) is 72.0 cm³/mol. The Bertz CT molecular complexity index is 700. The quantitative estimate of drug-likeness (QED) is 0.760. The van der Waals surface area contributed by atoms with Crippen molar-refractivity contribution in [1.29, 1.82) is 0 Å². The Kier molecular flexibility index (Phi) is 2.57. The first-order chi connectivity index (χ1) is 8.75. The molecule has 3 rings (SSSR count). The minimum absolute atomic E-state index is 0.288. The van der Waals surface area contributed by atoms with E-state index in [9.17, 15) is 9.90 Å². The normalized spacial score (nSPS) is 10.7. The van der Waals surface area contributed by atoms with E-state index in [1.807, 2.05) is 30.3 Å². The summed E-state index contributed by atoms with van der Waals surface area (Å²) in [4.78, 5) is 15.7. The molecule has 18 heavy (non-hydrogen) atoms. The molecule has 1 N–H and O–H groups in total. The van der Waals surface area contributed by atoms with E-state index in [1.165, 1.54) is 11.3 Å². The maximum atomic E-state index is 11.2. The largest absolute Gasteiger partial charge is 0.478 e. The number of hydrogen-bond donors (Lipinski definition) is 1. The highest BCUT2D eigenvalue weighted by Gasteiger charge is 2.14. The van der Waals surface area contributed by atoms with Crippen LogP contribution in [0.15, 0.2) is 48.5 Å². The lowest BCUT2D eigenvalue weighted by Crippen LogP contribution is -1.98. The Morgan fingerprint density at radius 3 is 2.56 bits per heavy atom. The fourth-order valence-corrected chi connectivity index (χ4v) is 2.85. The number of aromatic nitrogens is 1. The molecule has 0 bridgehead atoms. The number of nitrogens with zero attached hydrogens (tertiary/aromatic N) is 1. The molecule has 0 atom stereocenters. The molecule has 0 saturated heterocycles. The third-order valence-corrected chi connectivity index (χ3v) is 3.75. The molecule has 0 aliphatic heterocycles. The van der Waals surface area contributed by atoms with Gasteiger partial charge in [-0.3, -0.25) is 0 Å². The third-order valence-electron chi connectivity index (χ3n) is 2.68. The number of carboxylic acids is 1. The lowest BCUT2D eigenvalue weighted by Gasteiger charge is -2.01. The summed E-state index contributed by atoms with van der Waals surface area (Å²) in [5.41, 5.74) is 1.86. The van der Waals surface area contributed by atoms with Gasteiger partial charge in [0, 0.05) is 5.56 Å². The lowest BCUT2D eigenvalue weighted by molar-refractivity contribution is 0.0697. The fourth-order valence-electron chi connectivity index (χ4n) is 1.84. The molecule has 0 aliphatic carbocycles. The van der Waals surface area contributed by atoms with Crippen molar-refractivity contribution in [2.75, 3.05) is 0 Å². The first-order valence-electron chi connectivity index (χ1n) is 5.44. The summed E-state index contributed by atoms with van der Waals surface area (Å²) in [7, 11) is 0. The van der Waals surface area contributed by atoms with Gasteiger partial charge in [-0.05, 0) is 18.2 Å². The summed E-state index contributed by atoms with van der Waals surface area (Å²) < 4.78 is 1.06. The summed E-state index contributed by atoms with van der Waals surface area (Å²) in [6.07, 6.45) is 0. The third kappa shape index (κ3) is 1.76. The Labute approximate surface area is 107 Å². The molecule has 88 valence electrons. The summed E-state index contributed by atoms with van der Waals surface area (Å²) in [6, 6.07) is 14.7. The maximum absolute atomic E-state index is 11.2. The van der Waals surface area contributed by atoms with Crippen molar-refractivity contribution in [2.45, 2.75) is 0 Å². The van der Waals surface area contributed by atoms with Crippen LogP contribution in [0.3, 0.4) is 0 Å². The topological polar surface area (TPSA) is 50.2 Å². The zero-order valence-electron chi connectivity index (χ0n) is 9.33. The summed E-state index contributed by atoms with van der Waals surface area (Å²) >= 11 is 1.51. The number of hydrogen-bond acceptors (Lipinski definition) is 3. The molecule has 2 aromatic carbocycles. The standard InChI is InChI=1S/C14H9NO2S/c16-14(17)10-6-2-1-5-9(10)13-15-11-7-3-4-8-12(11)18-13/h1-8H,(H,16,17). The number of carbonyl (C=O) groups is 1. The highest BCUT2D eigenvalue weighted by atomic mass is 32.1. The van der Waals surface area contributed by atoms with E-state index in [2.05, 4.69) is 4.98 Å². The van der Waals surface area contributed by atoms with Crippen LogP contribution in [0.2, 0.25) is 0 Å². The molecule has 1 heterocycles. The van der Waals surface area contributed by atoms with Crippen LogP contribution in [0.1, 0.15) is 10.4 Å². The maximum Gasteiger partial charge on any atom is 0.336 e. The lowest BCUT2D eigenvalue weighted by atomic mass is 10.1. The van der Waals surface area contributed by atoms with Crippen molar-refractivity contribution in [3.63, 3.8) is 0 Å². The van der Waals surface area contributed by atoms with E-state index >= 15 is 0 Å². The summed E-state index contributed by atoms with van der Waals surface area (Å²) in [5.74, 6) is -0.926. The predicted octanol–water partition coefficient (Wildman–Crippen LogP) is 3.66. The summed E-state index contributed by atoms with van der Waals surface area (Å²) in [6.45, 7) is 0. The molecular formula is C14H9NO2S. The Morgan fingerprint density at radius 2 is 1.78 bits per heavy atom. The zero-order chi connectivity index (χ0) is 12.5. The van der Waals surface area contributed by atoms with E-state index in [0.717, 1.165) is 15.2 Å². The van der Waals surface area contributed by atoms with Crippen molar-refractivity contribution >= 4 is 27.5 Å². The molecule has 1 aromatic heterocycles. The number of aromatic carboxylic acids is 1. The van der Waals surface area contributed by atoms with Crippen molar-refractivity contribution < 1.29 is 9.90 Å². The van der Waals surface area contributed by atoms with Gasteiger partial charge in [0.05, 0.1) is 15.8 Å². The molecule has 0 unspecified atom stereocenters.